The van der Waals surface area contributed by atoms with Gasteiger partial charge in [-0.1, -0.05) is 11.6 Å². The predicted octanol–water partition coefficient (Wildman–Crippen LogP) is 4.15. The van der Waals surface area contributed by atoms with E-state index in [2.05, 4.69) is 5.32 Å². The first kappa shape index (κ1) is 18.5. The van der Waals surface area contributed by atoms with Crippen molar-refractivity contribution in [2.75, 3.05) is 11.5 Å². The smallest absolute Gasteiger partial charge is 0.333 e. The Morgan fingerprint density at radius 2 is 1.96 bits per heavy atom. The first-order valence-electron chi connectivity index (χ1n) is 7.68. The van der Waals surface area contributed by atoms with Crippen LogP contribution in [0.4, 0.5) is 10.5 Å². The molecule has 3 rings (SSSR count). The summed E-state index contributed by atoms with van der Waals surface area (Å²) < 4.78 is 5.97. The van der Waals surface area contributed by atoms with Crippen molar-refractivity contribution in [2.45, 2.75) is 6.92 Å². The number of phenols is 1. The van der Waals surface area contributed by atoms with Crippen LogP contribution in [-0.2, 0) is 4.79 Å². The van der Waals surface area contributed by atoms with E-state index >= 15 is 0 Å². The number of imide groups is 1. The maximum Gasteiger partial charge on any atom is 0.333 e. The molecule has 8 heteroatoms. The van der Waals surface area contributed by atoms with Crippen molar-refractivity contribution in [1.82, 2.24) is 5.32 Å². The standard InChI is InChI=1S/C18H14ClIN2O4/c1-2-26-15-9-10(7-13(20)16(15)23)8-14-17(24)22(18(25)21-14)12-5-3-11(19)4-6-12/h3-9,23H,2H2,1H3,(H,21,25)/b14-8-. The summed E-state index contributed by atoms with van der Waals surface area (Å²) >= 11 is 7.82. The monoisotopic (exact) mass is 484 g/mol. The fraction of sp³-hybridized carbons (Fsp3) is 0.111. The SMILES string of the molecule is CCOc1cc(/C=C2\NC(=O)N(c3ccc(Cl)cc3)C2=O)cc(I)c1O. The lowest BCUT2D eigenvalue weighted by atomic mass is 10.1. The van der Waals surface area contributed by atoms with E-state index in [1.165, 1.54) is 0 Å². The number of urea groups is 1. The fourth-order valence-corrected chi connectivity index (χ4v) is 3.22. The summed E-state index contributed by atoms with van der Waals surface area (Å²) in [6.07, 6.45) is 1.54. The molecule has 0 aliphatic carbocycles. The minimum Gasteiger partial charge on any atom is -0.504 e. The Kier molecular flexibility index (Phi) is 5.38. The van der Waals surface area contributed by atoms with Crippen LogP contribution in [0, 0.1) is 3.57 Å². The van der Waals surface area contributed by atoms with E-state index in [0.29, 0.717) is 32.2 Å². The first-order valence-corrected chi connectivity index (χ1v) is 9.14. The van der Waals surface area contributed by atoms with E-state index in [-0.39, 0.29) is 11.4 Å². The Balaban J connectivity index is 1.94. The van der Waals surface area contributed by atoms with E-state index in [4.69, 9.17) is 16.3 Å². The van der Waals surface area contributed by atoms with Crippen LogP contribution in [0.1, 0.15) is 12.5 Å². The molecule has 0 radical (unpaired) electrons. The molecule has 0 bridgehead atoms. The number of benzene rings is 2. The summed E-state index contributed by atoms with van der Waals surface area (Å²) in [6.45, 7) is 2.20. The molecule has 1 saturated heterocycles. The average Bonchev–Trinajstić information content (AvgIpc) is 2.87. The lowest BCUT2D eigenvalue weighted by Gasteiger charge is -2.11. The van der Waals surface area contributed by atoms with Crippen LogP contribution in [0.2, 0.25) is 5.02 Å². The van der Waals surface area contributed by atoms with Crippen LogP contribution in [0.15, 0.2) is 42.1 Å². The van der Waals surface area contributed by atoms with Crippen molar-refractivity contribution in [3.05, 3.63) is 56.3 Å². The lowest BCUT2D eigenvalue weighted by molar-refractivity contribution is -0.113. The Bertz CT molecular complexity index is 912. The number of hydrogen-bond donors (Lipinski definition) is 2. The van der Waals surface area contributed by atoms with Gasteiger partial charge in [0.15, 0.2) is 11.5 Å². The average molecular weight is 485 g/mol. The summed E-state index contributed by atoms with van der Waals surface area (Å²) in [4.78, 5) is 25.9. The highest BCUT2D eigenvalue weighted by Gasteiger charge is 2.34. The molecule has 2 N–H and O–H groups in total. The topological polar surface area (TPSA) is 78.9 Å². The van der Waals surface area contributed by atoms with E-state index in [9.17, 15) is 14.7 Å². The van der Waals surface area contributed by atoms with Crippen LogP contribution in [0.25, 0.3) is 6.08 Å². The molecule has 1 heterocycles. The van der Waals surface area contributed by atoms with Crippen LogP contribution in [0.5, 0.6) is 11.5 Å². The van der Waals surface area contributed by atoms with E-state index in [1.54, 1.807) is 42.5 Å². The molecule has 2 aromatic carbocycles. The Labute approximate surface area is 168 Å². The van der Waals surface area contributed by atoms with Crippen LogP contribution in [0.3, 0.4) is 0 Å². The number of halogens is 2. The quantitative estimate of drug-likeness (QED) is 0.388. The largest absolute Gasteiger partial charge is 0.504 e. The molecule has 134 valence electrons. The molecular formula is C18H14ClIN2O4. The molecular weight excluding hydrogens is 471 g/mol. The molecule has 26 heavy (non-hydrogen) atoms. The fourth-order valence-electron chi connectivity index (χ4n) is 2.47. The number of carbonyl (C=O) groups excluding carboxylic acids is 2. The number of aromatic hydroxyl groups is 1. The second-order valence-corrected chi connectivity index (χ2v) is 6.99. The van der Waals surface area contributed by atoms with Gasteiger partial charge >= 0.3 is 6.03 Å². The number of amides is 3. The number of carbonyl (C=O) groups is 2. The maximum atomic E-state index is 12.6. The van der Waals surface area contributed by atoms with Gasteiger partial charge in [-0.05, 0) is 77.6 Å². The summed E-state index contributed by atoms with van der Waals surface area (Å²) in [5.41, 5.74) is 1.18. The number of ether oxygens (including phenoxy) is 1. The molecule has 6 nitrogen and oxygen atoms in total. The van der Waals surface area contributed by atoms with Gasteiger partial charge in [0.05, 0.1) is 15.9 Å². The Hall–Kier alpha value is -2.26. The van der Waals surface area contributed by atoms with Crippen molar-refractivity contribution in [1.29, 1.82) is 0 Å². The molecule has 3 amide bonds. The molecule has 0 spiro atoms. The molecule has 0 unspecified atom stereocenters. The minimum atomic E-state index is -0.540. The summed E-state index contributed by atoms with van der Waals surface area (Å²) in [5, 5.41) is 13.1. The van der Waals surface area contributed by atoms with Gasteiger partial charge < -0.3 is 15.2 Å². The zero-order valence-corrected chi connectivity index (χ0v) is 16.5. The molecule has 1 aliphatic rings. The third-order valence-corrected chi connectivity index (χ3v) is 4.70. The number of nitrogens with one attached hydrogen (secondary N) is 1. The van der Waals surface area contributed by atoms with Gasteiger partial charge in [0, 0.05) is 5.02 Å². The molecule has 0 saturated carbocycles. The highest BCUT2D eigenvalue weighted by molar-refractivity contribution is 14.1. The van der Waals surface area contributed by atoms with Gasteiger partial charge in [-0.3, -0.25) is 4.79 Å². The van der Waals surface area contributed by atoms with Crippen LogP contribution >= 0.6 is 34.2 Å². The first-order chi connectivity index (χ1) is 12.4. The number of anilines is 1. The van der Waals surface area contributed by atoms with Gasteiger partial charge in [-0.25, -0.2) is 9.69 Å². The highest BCUT2D eigenvalue weighted by atomic mass is 127. The van der Waals surface area contributed by atoms with Crippen LogP contribution in [-0.4, -0.2) is 23.7 Å². The number of rotatable bonds is 4. The Morgan fingerprint density at radius 3 is 2.62 bits per heavy atom. The van der Waals surface area contributed by atoms with Gasteiger partial charge in [0.2, 0.25) is 0 Å². The van der Waals surface area contributed by atoms with Gasteiger partial charge in [0.1, 0.15) is 5.70 Å². The van der Waals surface area contributed by atoms with E-state index in [1.807, 2.05) is 29.5 Å². The van der Waals surface area contributed by atoms with Crippen molar-refractivity contribution in [3.63, 3.8) is 0 Å². The van der Waals surface area contributed by atoms with Crippen LogP contribution < -0.4 is 15.0 Å². The summed E-state index contributed by atoms with van der Waals surface area (Å²) in [6, 6.07) is 9.17. The van der Waals surface area contributed by atoms with Crippen molar-refractivity contribution >= 4 is 57.9 Å². The molecule has 1 aliphatic heterocycles. The van der Waals surface area contributed by atoms with Gasteiger partial charge in [-0.15, -0.1) is 0 Å². The number of nitrogens with zero attached hydrogens (tertiary/aromatic N) is 1. The van der Waals surface area contributed by atoms with Crippen molar-refractivity contribution in [2.24, 2.45) is 0 Å². The number of hydrogen-bond acceptors (Lipinski definition) is 4. The van der Waals surface area contributed by atoms with Gasteiger partial charge in [0.25, 0.3) is 5.91 Å². The maximum absolute atomic E-state index is 12.6. The minimum absolute atomic E-state index is 0.0409. The van der Waals surface area contributed by atoms with E-state index in [0.717, 1.165) is 4.90 Å². The molecule has 2 aromatic rings. The third-order valence-electron chi connectivity index (χ3n) is 3.62. The molecule has 0 atom stereocenters. The predicted molar refractivity (Wildman–Crippen MR) is 107 cm³/mol. The zero-order chi connectivity index (χ0) is 18.8. The molecule has 1 fully saturated rings. The van der Waals surface area contributed by atoms with E-state index < -0.39 is 11.9 Å². The normalized spacial score (nSPS) is 15.5. The van der Waals surface area contributed by atoms with Crippen molar-refractivity contribution in [3.8, 4) is 11.5 Å². The zero-order valence-electron chi connectivity index (χ0n) is 13.6. The summed E-state index contributed by atoms with van der Waals surface area (Å²) in [5.74, 6) is -0.116. The second kappa shape index (κ2) is 7.55. The van der Waals surface area contributed by atoms with Crippen molar-refractivity contribution < 1.29 is 19.4 Å². The van der Waals surface area contributed by atoms with Gasteiger partial charge in [-0.2, -0.15) is 0 Å². The second-order valence-electron chi connectivity index (χ2n) is 5.39. The summed E-state index contributed by atoms with van der Waals surface area (Å²) in [7, 11) is 0. The number of phenolic OH excluding ortho intramolecular Hbond substituents is 1. The lowest BCUT2D eigenvalue weighted by Crippen LogP contribution is -2.30. The molecule has 0 aromatic heterocycles. The highest BCUT2D eigenvalue weighted by Crippen LogP contribution is 2.34. The Morgan fingerprint density at radius 1 is 1.27 bits per heavy atom. The third kappa shape index (κ3) is 3.63.